The van der Waals surface area contributed by atoms with Gasteiger partial charge in [0.15, 0.2) is 57.7 Å². The molecule has 8 aliphatic rings. The molecule has 0 N–H and O–H groups in total. The summed E-state index contributed by atoms with van der Waals surface area (Å²) in [6, 6.07) is 74.6. The predicted molar refractivity (Wildman–Crippen MR) is 411 cm³/mol. The average Bonchev–Trinajstić information content (AvgIpc) is 1.61. The Bertz CT molecular complexity index is 6390. The first-order valence-electron chi connectivity index (χ1n) is 34.9. The van der Waals surface area contributed by atoms with Gasteiger partial charge in [-0.05, 0) is 119 Å². The normalized spacial score (nSPS) is 14.5. The lowest BCUT2D eigenvalue weighted by molar-refractivity contribution is 0.0953. The van der Waals surface area contributed by atoms with Crippen molar-refractivity contribution in [1.82, 2.24) is 4.57 Å². The van der Waals surface area contributed by atoms with Crippen molar-refractivity contribution >= 4 is 148 Å². The van der Waals surface area contributed by atoms with Gasteiger partial charge in [0.05, 0.1) is 44.5 Å². The highest BCUT2D eigenvalue weighted by Crippen LogP contribution is 2.44. The summed E-state index contributed by atoms with van der Waals surface area (Å²) >= 11 is 1.72. The average molecular weight is 1450 g/mol. The highest BCUT2D eigenvalue weighted by molar-refractivity contribution is 7.25. The summed E-state index contributed by atoms with van der Waals surface area (Å²) in [5.41, 5.74) is 8.70. The lowest BCUT2D eigenvalue weighted by atomic mass is 10.0. The molecule has 13 aromatic carbocycles. The second-order valence-electron chi connectivity index (χ2n) is 26.2. The lowest BCUT2D eigenvalue weighted by Gasteiger charge is -2.03. The maximum Gasteiger partial charge on any atom is 0.231 e. The van der Waals surface area contributed by atoms with Crippen LogP contribution in [0.5, 0.6) is 51.7 Å². The minimum atomic E-state index is -0.00620. The van der Waals surface area contributed by atoms with Gasteiger partial charge < -0.3 is 51.6 Å². The molecular weight excluding hydrogens is 1390 g/mol. The summed E-state index contributed by atoms with van der Waals surface area (Å²) in [6.45, 7) is 4.40. The number of rotatable bonds is 1. The molecule has 19 heteroatoms. The van der Waals surface area contributed by atoms with Gasteiger partial charge in [0.2, 0.25) is 47.3 Å². The fourth-order valence-corrected chi connectivity index (χ4v) is 15.7. The SMILES string of the molecule is CCn1c2ccccc2c2cc3c(cc21)C(=O)CO3.O=C1COc2c1ccc1ccccc21.O=C1COc2cc3c(cc21)OCO3.O=C1COc2cc3c(cc21)oc1ccccc13.O=C1COc2cc3c(cc21)sc1ccccc13.O=C1COc2cc3ccccc3cc21.O=C1COc2ccc3ccccc3c21. The van der Waals surface area contributed by atoms with Crippen LogP contribution in [0.1, 0.15) is 79.4 Å². The summed E-state index contributed by atoms with van der Waals surface area (Å²) in [5.74, 6) is 6.54. The predicted octanol–water partition coefficient (Wildman–Crippen LogP) is 18.4. The van der Waals surface area contributed by atoms with Gasteiger partial charge in [-0.1, -0.05) is 140 Å². The van der Waals surface area contributed by atoms with E-state index in [1.807, 2.05) is 188 Å². The van der Waals surface area contributed by atoms with Crippen molar-refractivity contribution in [1.29, 1.82) is 0 Å². The Hall–Kier alpha value is -13.7. The zero-order chi connectivity index (χ0) is 73.3. The third-order valence-electron chi connectivity index (χ3n) is 19.8. The molecule has 24 rings (SSSR count). The molecule has 528 valence electrons. The molecular formula is C89H59NO17S. The van der Waals surface area contributed by atoms with E-state index in [1.165, 1.54) is 26.4 Å². The summed E-state index contributed by atoms with van der Waals surface area (Å²) in [5, 5.41) is 13.2. The van der Waals surface area contributed by atoms with Gasteiger partial charge in [0.25, 0.3) is 0 Å². The molecule has 18 nitrogen and oxygen atoms in total. The van der Waals surface area contributed by atoms with Crippen LogP contribution in [-0.2, 0) is 6.54 Å². The molecule has 0 fully saturated rings. The fraction of sp³-hybridized carbons (Fsp3) is 0.112. The van der Waals surface area contributed by atoms with Crippen molar-refractivity contribution in [3.05, 3.63) is 269 Å². The number of furan rings is 1. The highest BCUT2D eigenvalue weighted by Gasteiger charge is 2.30. The standard InChI is InChI=1S/C16H13NO2.C14H8O3.C14H8O2S.3C12H8O2.C9H6O4/c1-2-17-13-6-4-3-5-10(13)11-8-16-12(7-14(11)17)15(18)9-19-16;15-11-7-16-13-5-9-8-3-1-2-4-12(8)17-14(9)6-10(11)13;15-11-7-16-12-5-9-8-3-1-2-4-13(8)17-14(9)6-10(11)12;13-11-7-14-12-6-9-4-2-1-3-8(9)5-10(11)12;13-10-7-14-11-6-5-8-3-1-2-4-9(8)12(10)11;13-11-7-14-12-9-4-2-1-3-8(9)5-6-10(11)12;10-6-3-11-7-2-9-8(1-5(6)7)12-4-13-9/h3-8H,2,9H2,1H3;2*1-6H,7H2;3*1-6H,7H2;1-2H,3-4H2. The Morgan fingerprint density at radius 3 is 1.45 bits per heavy atom. The molecule has 8 aliphatic heterocycles. The molecule has 0 saturated carbocycles. The van der Waals surface area contributed by atoms with Gasteiger partial charge in [0, 0.05) is 65.2 Å². The minimum Gasteiger partial charge on any atom is -0.485 e. The largest absolute Gasteiger partial charge is 0.485 e. The molecule has 108 heavy (non-hydrogen) atoms. The van der Waals surface area contributed by atoms with Crippen LogP contribution in [0.25, 0.3) is 96.2 Å². The highest BCUT2D eigenvalue weighted by atomic mass is 32.1. The number of fused-ring (bicyclic) bond motifs is 22. The van der Waals surface area contributed by atoms with E-state index < -0.39 is 0 Å². The molecule has 0 spiro atoms. The molecule has 3 aromatic heterocycles. The first kappa shape index (κ1) is 66.3. The Balaban J connectivity index is 0.0000000892. The molecule has 0 radical (unpaired) electrons. The number of ether oxygens (including phenoxy) is 9. The van der Waals surface area contributed by atoms with Crippen LogP contribution in [0.4, 0.5) is 0 Å². The number of thiophene rings is 1. The zero-order valence-corrected chi connectivity index (χ0v) is 58.4. The van der Waals surface area contributed by atoms with Crippen molar-refractivity contribution in [3.63, 3.8) is 0 Å². The van der Waals surface area contributed by atoms with Crippen LogP contribution in [-0.4, -0.2) is 98.1 Å². The van der Waals surface area contributed by atoms with Gasteiger partial charge >= 0.3 is 0 Å². The van der Waals surface area contributed by atoms with E-state index >= 15 is 0 Å². The van der Waals surface area contributed by atoms with E-state index in [0.717, 1.165) is 105 Å². The molecule has 0 unspecified atom stereocenters. The van der Waals surface area contributed by atoms with Crippen molar-refractivity contribution < 1.29 is 80.6 Å². The molecule has 0 bridgehead atoms. The maximum atomic E-state index is 11.8. The molecule has 11 heterocycles. The number of nitrogens with zero attached hydrogens (tertiary/aromatic N) is 1. The lowest BCUT2D eigenvalue weighted by Crippen LogP contribution is -1.99. The third kappa shape index (κ3) is 12.0. The Kier molecular flexibility index (Phi) is 16.8. The van der Waals surface area contributed by atoms with Crippen molar-refractivity contribution in [2.75, 3.05) is 53.0 Å². The zero-order valence-electron chi connectivity index (χ0n) is 57.6. The molecule has 0 saturated heterocycles. The number of para-hydroxylation sites is 2. The minimum absolute atomic E-state index is 0.00620. The monoisotopic (exact) mass is 1450 g/mol. The third-order valence-corrected chi connectivity index (χ3v) is 21.0. The summed E-state index contributed by atoms with van der Waals surface area (Å²) < 4.78 is 57.9. The van der Waals surface area contributed by atoms with Crippen molar-refractivity contribution in [2.24, 2.45) is 0 Å². The number of ketones is 7. The van der Waals surface area contributed by atoms with Gasteiger partial charge in [-0.15, -0.1) is 11.3 Å². The van der Waals surface area contributed by atoms with Crippen LogP contribution in [0.2, 0.25) is 0 Å². The van der Waals surface area contributed by atoms with E-state index in [0.29, 0.717) is 62.3 Å². The van der Waals surface area contributed by atoms with Crippen molar-refractivity contribution in [3.8, 4) is 51.7 Å². The van der Waals surface area contributed by atoms with E-state index in [2.05, 4.69) is 35.8 Å². The second kappa shape index (κ2) is 27.4. The number of carbonyl (C=O) groups excluding carboxylic acids is 7. The van der Waals surface area contributed by atoms with Gasteiger partial charge in [-0.3, -0.25) is 33.6 Å². The molecule has 0 atom stereocenters. The Labute approximate surface area is 617 Å². The Morgan fingerprint density at radius 1 is 0.287 bits per heavy atom. The number of Topliss-reactive ketones (excluding diaryl/α,β-unsaturated/α-hetero) is 7. The van der Waals surface area contributed by atoms with Gasteiger partial charge in [-0.25, -0.2) is 0 Å². The first-order chi connectivity index (χ1) is 52.9. The number of hydrogen-bond acceptors (Lipinski definition) is 18. The Morgan fingerprint density at radius 2 is 0.759 bits per heavy atom. The molecule has 16 aromatic rings. The van der Waals surface area contributed by atoms with Crippen LogP contribution in [0.3, 0.4) is 0 Å². The fourth-order valence-electron chi connectivity index (χ4n) is 14.6. The van der Waals surface area contributed by atoms with E-state index in [9.17, 15) is 33.6 Å². The summed E-state index contributed by atoms with van der Waals surface area (Å²) in [4.78, 5) is 80.5. The van der Waals surface area contributed by atoms with E-state index in [1.54, 1.807) is 29.5 Å². The molecule has 0 aliphatic carbocycles. The number of carbonyl (C=O) groups is 7. The van der Waals surface area contributed by atoms with Crippen LogP contribution in [0, 0.1) is 0 Å². The second-order valence-corrected chi connectivity index (χ2v) is 27.3. The van der Waals surface area contributed by atoms with Crippen molar-refractivity contribution in [2.45, 2.75) is 13.5 Å². The van der Waals surface area contributed by atoms with E-state index in [-0.39, 0.29) is 93.5 Å². The number of aryl methyl sites for hydroxylation is 1. The van der Waals surface area contributed by atoms with Crippen LogP contribution >= 0.6 is 11.3 Å². The smallest absolute Gasteiger partial charge is 0.231 e. The van der Waals surface area contributed by atoms with Gasteiger partial charge in [-0.2, -0.15) is 0 Å². The van der Waals surface area contributed by atoms with Crippen LogP contribution in [0.15, 0.2) is 235 Å². The number of benzene rings is 13. The maximum absolute atomic E-state index is 11.8. The van der Waals surface area contributed by atoms with E-state index in [4.69, 9.17) is 47.0 Å². The molecule has 0 amide bonds. The first-order valence-corrected chi connectivity index (χ1v) is 35.8. The summed E-state index contributed by atoms with van der Waals surface area (Å²) in [6.07, 6.45) is 0. The topological polar surface area (TPSA) is 221 Å². The summed E-state index contributed by atoms with van der Waals surface area (Å²) in [7, 11) is 0. The number of aromatic nitrogens is 1. The number of hydrogen-bond donors (Lipinski definition) is 0. The van der Waals surface area contributed by atoms with Crippen LogP contribution < -0.4 is 42.6 Å². The van der Waals surface area contributed by atoms with Gasteiger partial charge in [0.1, 0.15) is 51.4 Å². The quantitative estimate of drug-likeness (QED) is 0.149.